The van der Waals surface area contributed by atoms with Crippen LogP contribution in [-0.2, 0) is 9.59 Å². The average Bonchev–Trinajstić information content (AvgIpc) is 1.85. The van der Waals surface area contributed by atoms with E-state index in [-0.39, 0.29) is 0 Å². The van der Waals surface area contributed by atoms with E-state index in [4.69, 9.17) is 10.8 Å². The second-order valence-electron chi connectivity index (χ2n) is 1.83. The number of carbonyl (C=O) groups excluding carboxylic acids is 2. The molecule has 0 aromatic heterocycles. The van der Waals surface area contributed by atoms with E-state index in [1.54, 1.807) is 0 Å². The molecule has 0 aromatic rings. The van der Waals surface area contributed by atoms with Gasteiger partial charge in [-0.15, -0.1) is 0 Å². The normalized spacial score (nSPS) is 12.3. The number of nitrogens with two attached hydrogens (primary N) is 1. The van der Waals surface area contributed by atoms with Crippen LogP contribution in [-0.4, -0.2) is 29.6 Å². The number of nitrogens with one attached hydrogen (secondary N) is 1. The zero-order valence-electron chi connectivity index (χ0n) is 5.63. The Morgan fingerprint density at radius 3 is 2.50 bits per heavy atom. The minimum absolute atomic E-state index is 0.459. The van der Waals surface area contributed by atoms with Gasteiger partial charge in [0.1, 0.15) is 6.04 Å². The summed E-state index contributed by atoms with van der Waals surface area (Å²) in [5, 5.41) is 10.3. The molecule has 0 fully saturated rings. The first kappa shape index (κ1) is 9.06. The summed E-state index contributed by atoms with van der Waals surface area (Å²) in [6.07, 6.45) is 0. The molecule has 10 heavy (non-hydrogen) atoms. The van der Waals surface area contributed by atoms with Gasteiger partial charge in [0.25, 0.3) is 0 Å². The van der Waals surface area contributed by atoms with E-state index in [0.717, 1.165) is 0 Å². The van der Waals surface area contributed by atoms with E-state index in [9.17, 15) is 9.59 Å². The van der Waals surface area contributed by atoms with Crippen LogP contribution in [0.3, 0.4) is 0 Å². The van der Waals surface area contributed by atoms with Gasteiger partial charge in [0.2, 0.25) is 11.8 Å². The Bertz CT molecular complexity index is 146. The summed E-state index contributed by atoms with van der Waals surface area (Å²) in [7, 11) is 0. The lowest BCUT2D eigenvalue weighted by molar-refractivity contribution is -0.130. The molecule has 0 heterocycles. The third-order valence-electron chi connectivity index (χ3n) is 0.833. The summed E-state index contributed by atoms with van der Waals surface area (Å²) in [6, 6.07) is -1.01. The molecular formula is C5H10N2O3. The van der Waals surface area contributed by atoms with Crippen LogP contribution in [0.4, 0.5) is 0 Å². The molecule has 58 valence electrons. The van der Waals surface area contributed by atoms with Crippen LogP contribution in [0.5, 0.6) is 0 Å². The molecule has 0 saturated carbocycles. The molecule has 0 aliphatic heterocycles. The summed E-state index contributed by atoms with van der Waals surface area (Å²) in [4.78, 5) is 20.8. The first-order chi connectivity index (χ1) is 4.57. The highest BCUT2D eigenvalue weighted by atomic mass is 16.3. The van der Waals surface area contributed by atoms with Crippen molar-refractivity contribution in [1.29, 1.82) is 0 Å². The summed E-state index contributed by atoms with van der Waals surface area (Å²) < 4.78 is 0. The topological polar surface area (TPSA) is 92.4 Å². The second-order valence-corrected chi connectivity index (χ2v) is 1.83. The van der Waals surface area contributed by atoms with E-state index in [2.05, 4.69) is 0 Å². The second kappa shape index (κ2) is 3.97. The van der Waals surface area contributed by atoms with E-state index in [0.29, 0.717) is 0 Å². The van der Waals surface area contributed by atoms with Crippen molar-refractivity contribution < 1.29 is 14.7 Å². The number of rotatable bonds is 2. The fourth-order valence-electron chi connectivity index (χ4n) is 0.349. The van der Waals surface area contributed by atoms with Crippen molar-refractivity contribution in [1.82, 2.24) is 5.32 Å². The van der Waals surface area contributed by atoms with E-state index < -0.39 is 24.5 Å². The van der Waals surface area contributed by atoms with Gasteiger partial charge in [-0.2, -0.15) is 0 Å². The Morgan fingerprint density at radius 1 is 1.70 bits per heavy atom. The largest absolute Gasteiger partial charge is 0.394 e. The lowest BCUT2D eigenvalue weighted by Gasteiger charge is -2.05. The molecule has 5 heteroatoms. The summed E-state index contributed by atoms with van der Waals surface area (Å²) in [5.74, 6) is -1.14. The molecule has 0 saturated heterocycles. The average molecular weight is 146 g/mol. The number of imide groups is 1. The maximum Gasteiger partial charge on any atom is 0.245 e. The third-order valence-corrected chi connectivity index (χ3v) is 0.833. The van der Waals surface area contributed by atoms with Gasteiger partial charge in [0.15, 0.2) is 0 Å². The highest BCUT2D eigenvalue weighted by molar-refractivity contribution is 5.96. The van der Waals surface area contributed by atoms with Crippen LogP contribution in [0.15, 0.2) is 0 Å². The van der Waals surface area contributed by atoms with Gasteiger partial charge >= 0.3 is 0 Å². The van der Waals surface area contributed by atoms with Gasteiger partial charge in [-0.1, -0.05) is 0 Å². The molecule has 0 aliphatic carbocycles. The zero-order chi connectivity index (χ0) is 8.15. The Kier molecular flexibility index (Phi) is 3.60. The van der Waals surface area contributed by atoms with Crippen LogP contribution in [0.25, 0.3) is 0 Å². The molecule has 4 N–H and O–H groups in total. The molecule has 2 amide bonds. The number of aliphatic hydroxyl groups excluding tert-OH is 1. The van der Waals surface area contributed by atoms with Gasteiger partial charge < -0.3 is 10.8 Å². The lowest BCUT2D eigenvalue weighted by atomic mass is 10.3. The molecule has 0 unspecified atom stereocenters. The van der Waals surface area contributed by atoms with Gasteiger partial charge in [0, 0.05) is 6.92 Å². The van der Waals surface area contributed by atoms with Gasteiger partial charge in [-0.3, -0.25) is 14.9 Å². The molecule has 0 rings (SSSR count). The predicted molar refractivity (Wildman–Crippen MR) is 33.9 cm³/mol. The minimum atomic E-state index is -1.01. The monoisotopic (exact) mass is 146 g/mol. The molecule has 5 nitrogen and oxygen atoms in total. The van der Waals surface area contributed by atoms with E-state index in [1.165, 1.54) is 6.92 Å². The van der Waals surface area contributed by atoms with Gasteiger partial charge in [-0.25, -0.2) is 0 Å². The quantitative estimate of drug-likeness (QED) is 0.419. The van der Waals surface area contributed by atoms with Crippen molar-refractivity contribution in [3.63, 3.8) is 0 Å². The molecular weight excluding hydrogens is 136 g/mol. The van der Waals surface area contributed by atoms with Crippen molar-refractivity contribution in [2.45, 2.75) is 13.0 Å². The first-order valence-electron chi connectivity index (χ1n) is 2.75. The Hall–Kier alpha value is -0.940. The van der Waals surface area contributed by atoms with Gasteiger partial charge in [-0.05, 0) is 0 Å². The zero-order valence-corrected chi connectivity index (χ0v) is 5.63. The predicted octanol–water partition coefficient (Wildman–Crippen LogP) is -2.03. The summed E-state index contributed by atoms with van der Waals surface area (Å²) in [6.45, 7) is 0.737. The maximum absolute atomic E-state index is 10.6. The van der Waals surface area contributed by atoms with Crippen LogP contribution in [0, 0.1) is 0 Å². The van der Waals surface area contributed by atoms with Crippen molar-refractivity contribution in [2.75, 3.05) is 6.61 Å². The van der Waals surface area contributed by atoms with Crippen LogP contribution in [0.1, 0.15) is 6.92 Å². The Balaban J connectivity index is 3.73. The molecule has 0 radical (unpaired) electrons. The number of hydrogen-bond donors (Lipinski definition) is 3. The molecule has 0 bridgehead atoms. The SMILES string of the molecule is CC(=O)NC(=O)[C@H](N)CO. The molecule has 0 aromatic carbocycles. The maximum atomic E-state index is 10.6. The van der Waals surface area contributed by atoms with Crippen molar-refractivity contribution in [3.8, 4) is 0 Å². The van der Waals surface area contributed by atoms with Crippen LogP contribution in [0.2, 0.25) is 0 Å². The van der Waals surface area contributed by atoms with Crippen LogP contribution >= 0.6 is 0 Å². The van der Waals surface area contributed by atoms with Crippen molar-refractivity contribution >= 4 is 11.8 Å². The first-order valence-corrected chi connectivity index (χ1v) is 2.75. The molecule has 0 spiro atoms. The number of hydrogen-bond acceptors (Lipinski definition) is 4. The number of aliphatic hydroxyl groups is 1. The molecule has 1 atom stereocenters. The highest BCUT2D eigenvalue weighted by Crippen LogP contribution is 1.75. The summed E-state index contributed by atoms with van der Waals surface area (Å²) >= 11 is 0. The number of carbonyl (C=O) groups is 2. The van der Waals surface area contributed by atoms with Gasteiger partial charge in [0.05, 0.1) is 6.61 Å². The van der Waals surface area contributed by atoms with Crippen LogP contribution < -0.4 is 11.1 Å². The fourth-order valence-corrected chi connectivity index (χ4v) is 0.349. The Morgan fingerprint density at radius 2 is 2.20 bits per heavy atom. The lowest BCUT2D eigenvalue weighted by Crippen LogP contribution is -2.44. The van der Waals surface area contributed by atoms with Crippen molar-refractivity contribution in [2.24, 2.45) is 5.73 Å². The third kappa shape index (κ3) is 3.16. The molecule has 0 aliphatic rings. The van der Waals surface area contributed by atoms with E-state index in [1.807, 2.05) is 5.32 Å². The fraction of sp³-hybridized carbons (Fsp3) is 0.600. The smallest absolute Gasteiger partial charge is 0.245 e. The standard InChI is InChI=1S/C5H10N2O3/c1-3(9)7-5(10)4(6)2-8/h4,8H,2,6H2,1H3,(H,7,9,10)/t4-/m1/s1. The van der Waals surface area contributed by atoms with E-state index >= 15 is 0 Å². The number of amides is 2. The highest BCUT2D eigenvalue weighted by Gasteiger charge is 2.11. The minimum Gasteiger partial charge on any atom is -0.394 e. The van der Waals surface area contributed by atoms with Crippen molar-refractivity contribution in [3.05, 3.63) is 0 Å². The Labute approximate surface area is 58.2 Å². The summed E-state index contributed by atoms with van der Waals surface area (Å²) in [5.41, 5.74) is 5.05.